The number of carbonyl (C=O) groups excluding carboxylic acids is 3. The molecule has 0 aromatic rings. The normalized spacial score (nSPS) is 43.5. The molecular weight excluding hydrogens is 586 g/mol. The summed E-state index contributed by atoms with van der Waals surface area (Å²) in [6, 6.07) is -4.33. The molecule has 0 saturated carbocycles. The number of nitrogens with one attached hydrogen (secondary N) is 3. The van der Waals surface area contributed by atoms with Crippen molar-refractivity contribution >= 4 is 17.7 Å². The average molecular weight is 628 g/mol. The molecular formula is C24H41N3O16. The van der Waals surface area contributed by atoms with Crippen molar-refractivity contribution in [3.8, 4) is 0 Å². The van der Waals surface area contributed by atoms with Crippen LogP contribution >= 0.6 is 0 Å². The molecule has 11 N–H and O–H groups in total. The predicted molar refractivity (Wildman–Crippen MR) is 136 cm³/mol. The van der Waals surface area contributed by atoms with E-state index in [-0.39, 0.29) is 0 Å². The molecule has 3 heterocycles. The Kier molecular flexibility index (Phi) is 12.5. The molecule has 0 bridgehead atoms. The van der Waals surface area contributed by atoms with Crippen molar-refractivity contribution in [2.75, 3.05) is 19.8 Å². The molecule has 248 valence electrons. The van der Waals surface area contributed by atoms with Crippen molar-refractivity contribution < 1.29 is 78.9 Å². The Morgan fingerprint density at radius 2 is 0.977 bits per heavy atom. The van der Waals surface area contributed by atoms with E-state index in [1.165, 1.54) is 0 Å². The van der Waals surface area contributed by atoms with Crippen LogP contribution in [-0.2, 0) is 38.1 Å². The first-order valence-electron chi connectivity index (χ1n) is 13.5. The summed E-state index contributed by atoms with van der Waals surface area (Å²) in [5.41, 5.74) is 0. The predicted octanol–water partition coefficient (Wildman–Crippen LogP) is -7.14. The molecule has 0 spiro atoms. The lowest BCUT2D eigenvalue weighted by Crippen LogP contribution is -2.71. The summed E-state index contributed by atoms with van der Waals surface area (Å²) in [5.74, 6) is -1.98. The van der Waals surface area contributed by atoms with E-state index in [1.807, 2.05) is 0 Å². The van der Waals surface area contributed by atoms with Gasteiger partial charge in [0.15, 0.2) is 18.9 Å². The number of ether oxygens (including phenoxy) is 5. The van der Waals surface area contributed by atoms with Gasteiger partial charge in [0.05, 0.1) is 19.8 Å². The van der Waals surface area contributed by atoms with Crippen LogP contribution in [0.15, 0.2) is 0 Å². The largest absolute Gasteiger partial charge is 0.394 e. The highest BCUT2D eigenvalue weighted by atomic mass is 16.7. The second-order valence-corrected chi connectivity index (χ2v) is 10.5. The quantitative estimate of drug-likeness (QED) is 0.107. The molecule has 3 rings (SSSR count). The van der Waals surface area contributed by atoms with E-state index in [9.17, 15) is 55.2 Å². The monoisotopic (exact) mass is 627 g/mol. The fourth-order valence-corrected chi connectivity index (χ4v) is 5.27. The van der Waals surface area contributed by atoms with Crippen molar-refractivity contribution in [1.29, 1.82) is 0 Å². The molecule has 3 saturated heterocycles. The smallest absolute Gasteiger partial charge is 0.217 e. The van der Waals surface area contributed by atoms with Crippen LogP contribution in [-0.4, -0.2) is 170 Å². The maximum absolute atomic E-state index is 12.1. The van der Waals surface area contributed by atoms with Crippen LogP contribution in [0.1, 0.15) is 20.8 Å². The van der Waals surface area contributed by atoms with Crippen LogP contribution in [0.3, 0.4) is 0 Å². The van der Waals surface area contributed by atoms with Gasteiger partial charge in [0.2, 0.25) is 17.7 Å². The Morgan fingerprint density at radius 3 is 1.47 bits per heavy atom. The zero-order valence-corrected chi connectivity index (χ0v) is 23.6. The molecule has 0 aromatic carbocycles. The van der Waals surface area contributed by atoms with Crippen molar-refractivity contribution in [1.82, 2.24) is 16.0 Å². The lowest BCUT2D eigenvalue weighted by molar-refractivity contribution is -0.349. The van der Waals surface area contributed by atoms with E-state index in [0.717, 1.165) is 20.8 Å². The number of rotatable bonds is 10. The van der Waals surface area contributed by atoms with Crippen LogP contribution < -0.4 is 16.0 Å². The standard InChI is InChI=1S/C24H41N3O16/c1-7(31)25-13-18(36)16(34)10(4-28)40-23(13)42-20-12(6-30)41-24(14(19(20)37)26-8(2)32)43-21-15(27-9(3)33)22(38)39-11(5-29)17(21)35/h10-24,28-30,34-38H,4-6H2,1-3H3,(H,25,31)(H,26,32)(H,27,33)/t10-,11-,12-,13-,14-,15-,16+,17+,18-,19-,20-,21-,22+,23+,24+/m1/s1. The molecule has 0 radical (unpaired) electrons. The number of hydrogen-bond donors (Lipinski definition) is 11. The Morgan fingerprint density at radius 1 is 0.558 bits per heavy atom. The van der Waals surface area contributed by atoms with Crippen molar-refractivity contribution in [3.63, 3.8) is 0 Å². The number of amides is 3. The second-order valence-electron chi connectivity index (χ2n) is 10.5. The van der Waals surface area contributed by atoms with Gasteiger partial charge in [-0.2, -0.15) is 0 Å². The number of aliphatic hydroxyl groups excluding tert-OH is 8. The van der Waals surface area contributed by atoms with Crippen molar-refractivity contribution in [3.05, 3.63) is 0 Å². The van der Waals surface area contributed by atoms with Crippen LogP contribution in [0.2, 0.25) is 0 Å². The van der Waals surface area contributed by atoms with E-state index in [2.05, 4.69) is 16.0 Å². The molecule has 3 amide bonds. The highest BCUT2D eigenvalue weighted by Gasteiger charge is 2.54. The first kappa shape index (κ1) is 35.4. The lowest BCUT2D eigenvalue weighted by Gasteiger charge is -2.50. The highest BCUT2D eigenvalue weighted by Crippen LogP contribution is 2.32. The van der Waals surface area contributed by atoms with Crippen molar-refractivity contribution in [2.24, 2.45) is 0 Å². The Bertz CT molecular complexity index is 962. The summed E-state index contributed by atoms with van der Waals surface area (Å²) in [6.45, 7) is 0.996. The zero-order chi connectivity index (χ0) is 32.2. The first-order chi connectivity index (χ1) is 20.2. The Balaban J connectivity index is 1.92. The number of aliphatic hydroxyl groups is 8. The van der Waals surface area contributed by atoms with E-state index >= 15 is 0 Å². The van der Waals surface area contributed by atoms with E-state index in [1.54, 1.807) is 0 Å². The molecule has 3 aliphatic heterocycles. The van der Waals surface area contributed by atoms with Gasteiger partial charge in [0.25, 0.3) is 0 Å². The van der Waals surface area contributed by atoms with Gasteiger partial charge in [-0.25, -0.2) is 0 Å². The zero-order valence-electron chi connectivity index (χ0n) is 23.6. The van der Waals surface area contributed by atoms with Gasteiger partial charge in [-0.05, 0) is 0 Å². The van der Waals surface area contributed by atoms with Crippen LogP contribution in [0, 0.1) is 0 Å². The van der Waals surface area contributed by atoms with Gasteiger partial charge in [0.1, 0.15) is 73.1 Å². The summed E-state index contributed by atoms with van der Waals surface area (Å²) >= 11 is 0. The molecule has 43 heavy (non-hydrogen) atoms. The molecule has 3 aliphatic rings. The Labute approximate surface area is 245 Å². The summed E-state index contributed by atoms with van der Waals surface area (Å²) in [7, 11) is 0. The van der Waals surface area contributed by atoms with E-state index < -0.39 is 129 Å². The topological polar surface area (TPSA) is 295 Å². The molecule has 0 aliphatic carbocycles. The van der Waals surface area contributed by atoms with E-state index in [4.69, 9.17) is 23.7 Å². The van der Waals surface area contributed by atoms with Crippen LogP contribution in [0.25, 0.3) is 0 Å². The Hall–Kier alpha value is -2.11. The highest BCUT2D eigenvalue weighted by molar-refractivity contribution is 5.74. The first-order valence-corrected chi connectivity index (χ1v) is 13.5. The fraction of sp³-hybridized carbons (Fsp3) is 0.875. The third-order valence-corrected chi connectivity index (χ3v) is 7.30. The second kappa shape index (κ2) is 15.3. The third kappa shape index (κ3) is 8.14. The van der Waals surface area contributed by atoms with Gasteiger partial charge in [-0.15, -0.1) is 0 Å². The van der Waals surface area contributed by atoms with Gasteiger partial charge < -0.3 is 80.5 Å². The van der Waals surface area contributed by atoms with Crippen molar-refractivity contribution in [2.45, 2.75) is 113 Å². The lowest BCUT2D eigenvalue weighted by atomic mass is 9.93. The molecule has 3 fully saturated rings. The maximum Gasteiger partial charge on any atom is 0.217 e. The van der Waals surface area contributed by atoms with Crippen LogP contribution in [0.5, 0.6) is 0 Å². The minimum absolute atomic E-state index is 0.643. The van der Waals surface area contributed by atoms with Gasteiger partial charge in [-0.3, -0.25) is 14.4 Å². The maximum atomic E-state index is 12.1. The van der Waals surface area contributed by atoms with Crippen LogP contribution in [0.4, 0.5) is 0 Å². The molecule has 15 atom stereocenters. The minimum Gasteiger partial charge on any atom is -0.394 e. The van der Waals surface area contributed by atoms with Gasteiger partial charge in [-0.1, -0.05) is 0 Å². The molecule has 19 heteroatoms. The number of carbonyl (C=O) groups is 3. The summed E-state index contributed by atoms with van der Waals surface area (Å²) in [4.78, 5) is 35.7. The number of hydrogen-bond acceptors (Lipinski definition) is 16. The molecule has 19 nitrogen and oxygen atoms in total. The third-order valence-electron chi connectivity index (χ3n) is 7.30. The molecule has 0 unspecified atom stereocenters. The minimum atomic E-state index is -1.78. The van der Waals surface area contributed by atoms with Gasteiger partial charge >= 0.3 is 0 Å². The molecule has 0 aromatic heterocycles. The summed E-state index contributed by atoms with van der Waals surface area (Å²) in [5, 5.41) is 90.0. The SMILES string of the molecule is CC(=O)N[C@@H]1[C@@H](O[C@@H]2O[C@H](CO)[C@@H](O[C@@H]3O[C@H](CO)[C@H](O)[C@H](O)[C@H]3NC(C)=O)[C@H](O)[C@H]2NC(C)=O)[C@@H](O)[C@@H](CO)O[C@@H]1O. The average Bonchev–Trinajstić information content (AvgIpc) is 2.94. The summed E-state index contributed by atoms with van der Waals surface area (Å²) < 4.78 is 28.2. The van der Waals surface area contributed by atoms with E-state index in [0.29, 0.717) is 0 Å². The van der Waals surface area contributed by atoms with Gasteiger partial charge in [0, 0.05) is 20.8 Å². The fourth-order valence-electron chi connectivity index (χ4n) is 5.27. The summed E-state index contributed by atoms with van der Waals surface area (Å²) in [6.07, 6.45) is -19.1.